The standard InChI is InChI=1S/C9H19NO2/c1-9-8-12-7-5-10(9)4-3-6-11-2/h9H,3-8H2,1-2H3/t9-/m1/s1. The summed E-state index contributed by atoms with van der Waals surface area (Å²) in [6.45, 7) is 7.06. The van der Waals surface area contributed by atoms with Crippen LogP contribution < -0.4 is 0 Å². The molecule has 0 radical (unpaired) electrons. The van der Waals surface area contributed by atoms with Gasteiger partial charge >= 0.3 is 0 Å². The topological polar surface area (TPSA) is 21.7 Å². The molecule has 0 N–H and O–H groups in total. The second-order valence-corrected chi connectivity index (χ2v) is 3.31. The Labute approximate surface area is 74.6 Å². The second-order valence-electron chi connectivity index (χ2n) is 3.31. The first-order valence-corrected chi connectivity index (χ1v) is 4.65. The van der Waals surface area contributed by atoms with Crippen molar-refractivity contribution in [3.63, 3.8) is 0 Å². The van der Waals surface area contributed by atoms with Crippen LogP contribution in [0.25, 0.3) is 0 Å². The molecule has 12 heavy (non-hydrogen) atoms. The van der Waals surface area contributed by atoms with Gasteiger partial charge in [0.15, 0.2) is 0 Å². The van der Waals surface area contributed by atoms with Crippen molar-refractivity contribution in [3.8, 4) is 0 Å². The fraction of sp³-hybridized carbons (Fsp3) is 1.00. The predicted molar refractivity (Wildman–Crippen MR) is 48.3 cm³/mol. The van der Waals surface area contributed by atoms with Gasteiger partial charge in [0.1, 0.15) is 0 Å². The molecule has 1 heterocycles. The van der Waals surface area contributed by atoms with Gasteiger partial charge in [-0.25, -0.2) is 0 Å². The fourth-order valence-corrected chi connectivity index (χ4v) is 1.51. The van der Waals surface area contributed by atoms with Gasteiger partial charge in [0.2, 0.25) is 0 Å². The molecule has 0 amide bonds. The maximum Gasteiger partial charge on any atom is 0.0619 e. The van der Waals surface area contributed by atoms with Gasteiger partial charge in [0.25, 0.3) is 0 Å². The van der Waals surface area contributed by atoms with Gasteiger partial charge in [-0.15, -0.1) is 0 Å². The van der Waals surface area contributed by atoms with E-state index in [0.717, 1.165) is 39.3 Å². The number of hydrogen-bond acceptors (Lipinski definition) is 3. The number of ether oxygens (including phenoxy) is 2. The third-order valence-electron chi connectivity index (χ3n) is 2.30. The molecule has 1 saturated heterocycles. The summed E-state index contributed by atoms with van der Waals surface area (Å²) in [7, 11) is 1.75. The van der Waals surface area contributed by atoms with Gasteiger partial charge in [-0.1, -0.05) is 0 Å². The Bertz CT molecular complexity index is 119. The zero-order valence-electron chi connectivity index (χ0n) is 8.08. The predicted octanol–water partition coefficient (Wildman–Crippen LogP) is 0.744. The van der Waals surface area contributed by atoms with E-state index in [-0.39, 0.29) is 0 Å². The van der Waals surface area contributed by atoms with E-state index in [1.165, 1.54) is 0 Å². The summed E-state index contributed by atoms with van der Waals surface area (Å²) in [4.78, 5) is 2.46. The molecule has 1 aliphatic rings. The molecule has 0 unspecified atom stereocenters. The second kappa shape index (κ2) is 5.51. The average Bonchev–Trinajstić information content (AvgIpc) is 2.09. The van der Waals surface area contributed by atoms with E-state index >= 15 is 0 Å². The molecule has 0 aromatic rings. The van der Waals surface area contributed by atoms with Crippen LogP contribution in [0.1, 0.15) is 13.3 Å². The van der Waals surface area contributed by atoms with Crippen molar-refractivity contribution in [3.05, 3.63) is 0 Å². The quantitative estimate of drug-likeness (QED) is 0.585. The molecule has 1 rings (SSSR count). The van der Waals surface area contributed by atoms with Crippen LogP contribution in [0.2, 0.25) is 0 Å². The summed E-state index contributed by atoms with van der Waals surface area (Å²) in [6.07, 6.45) is 1.13. The Hall–Kier alpha value is -0.120. The van der Waals surface area contributed by atoms with E-state index in [1.807, 2.05) is 0 Å². The molecule has 0 aromatic heterocycles. The lowest BCUT2D eigenvalue weighted by Gasteiger charge is -2.33. The lowest BCUT2D eigenvalue weighted by atomic mass is 10.2. The summed E-state index contributed by atoms with van der Waals surface area (Å²) in [6, 6.07) is 0.579. The molecule has 0 saturated carbocycles. The number of rotatable bonds is 4. The zero-order valence-corrected chi connectivity index (χ0v) is 8.08. The molecule has 3 nitrogen and oxygen atoms in total. The maximum absolute atomic E-state index is 5.35. The largest absolute Gasteiger partial charge is 0.385 e. The summed E-state index contributed by atoms with van der Waals surface area (Å²) < 4.78 is 10.4. The first-order valence-electron chi connectivity index (χ1n) is 4.65. The lowest BCUT2D eigenvalue weighted by Crippen LogP contribution is -2.44. The van der Waals surface area contributed by atoms with Crippen LogP contribution in [0.3, 0.4) is 0 Å². The first kappa shape index (κ1) is 9.96. The van der Waals surface area contributed by atoms with Gasteiger partial charge in [-0.2, -0.15) is 0 Å². The van der Waals surface area contributed by atoms with E-state index in [2.05, 4.69) is 11.8 Å². The molecule has 0 aliphatic carbocycles. The van der Waals surface area contributed by atoms with E-state index in [0.29, 0.717) is 6.04 Å². The Kier molecular flexibility index (Phi) is 4.58. The van der Waals surface area contributed by atoms with Crippen LogP contribution in [-0.4, -0.2) is 51.0 Å². The molecule has 0 bridgehead atoms. The van der Waals surface area contributed by atoms with Gasteiger partial charge < -0.3 is 9.47 Å². The third kappa shape index (κ3) is 3.09. The normalized spacial score (nSPS) is 26.0. The Balaban J connectivity index is 2.11. The summed E-state index contributed by atoms with van der Waals surface area (Å²) in [5, 5.41) is 0. The van der Waals surface area contributed by atoms with Crippen molar-refractivity contribution in [1.82, 2.24) is 4.90 Å². The van der Waals surface area contributed by atoms with Crippen molar-refractivity contribution >= 4 is 0 Å². The highest BCUT2D eigenvalue weighted by Crippen LogP contribution is 2.06. The van der Waals surface area contributed by atoms with E-state index < -0.39 is 0 Å². The molecule has 3 heteroatoms. The van der Waals surface area contributed by atoms with Crippen LogP contribution in [0.5, 0.6) is 0 Å². The number of methoxy groups -OCH3 is 1. The first-order chi connectivity index (χ1) is 5.84. The van der Waals surface area contributed by atoms with Crippen molar-refractivity contribution in [2.24, 2.45) is 0 Å². The van der Waals surface area contributed by atoms with Crippen molar-refractivity contribution in [2.75, 3.05) is 40.0 Å². The molecule has 0 aromatic carbocycles. The molecule has 1 atom stereocenters. The van der Waals surface area contributed by atoms with Crippen molar-refractivity contribution in [2.45, 2.75) is 19.4 Å². The van der Waals surface area contributed by atoms with E-state index in [4.69, 9.17) is 9.47 Å². The van der Waals surface area contributed by atoms with Crippen LogP contribution in [0, 0.1) is 0 Å². The summed E-state index contributed by atoms with van der Waals surface area (Å²) in [5.41, 5.74) is 0. The van der Waals surface area contributed by atoms with Crippen LogP contribution in [0.4, 0.5) is 0 Å². The third-order valence-corrected chi connectivity index (χ3v) is 2.30. The maximum atomic E-state index is 5.35. The highest BCUT2D eigenvalue weighted by Gasteiger charge is 2.17. The fourth-order valence-electron chi connectivity index (χ4n) is 1.51. The smallest absolute Gasteiger partial charge is 0.0619 e. The summed E-state index contributed by atoms with van der Waals surface area (Å²) >= 11 is 0. The molecule has 1 aliphatic heterocycles. The SMILES string of the molecule is COCCCN1CCOC[C@H]1C. The number of hydrogen-bond donors (Lipinski definition) is 0. The molecule has 72 valence electrons. The zero-order chi connectivity index (χ0) is 8.81. The minimum atomic E-state index is 0.579. The Morgan fingerprint density at radius 1 is 1.58 bits per heavy atom. The average molecular weight is 173 g/mol. The molecule has 1 fully saturated rings. The lowest BCUT2D eigenvalue weighted by molar-refractivity contribution is -0.00327. The minimum absolute atomic E-state index is 0.579. The molecule has 0 spiro atoms. The molecular formula is C9H19NO2. The van der Waals surface area contributed by atoms with Crippen LogP contribution in [-0.2, 0) is 9.47 Å². The summed E-state index contributed by atoms with van der Waals surface area (Å²) in [5.74, 6) is 0. The van der Waals surface area contributed by atoms with E-state index in [9.17, 15) is 0 Å². The Morgan fingerprint density at radius 3 is 3.08 bits per heavy atom. The van der Waals surface area contributed by atoms with Gasteiger partial charge in [0.05, 0.1) is 13.2 Å². The minimum Gasteiger partial charge on any atom is -0.385 e. The molecular weight excluding hydrogens is 154 g/mol. The highest BCUT2D eigenvalue weighted by atomic mass is 16.5. The Morgan fingerprint density at radius 2 is 2.42 bits per heavy atom. The van der Waals surface area contributed by atoms with Crippen LogP contribution >= 0.6 is 0 Å². The van der Waals surface area contributed by atoms with Crippen molar-refractivity contribution in [1.29, 1.82) is 0 Å². The van der Waals surface area contributed by atoms with Gasteiger partial charge in [-0.05, 0) is 13.3 Å². The number of nitrogens with zero attached hydrogens (tertiary/aromatic N) is 1. The van der Waals surface area contributed by atoms with Gasteiger partial charge in [-0.3, -0.25) is 4.90 Å². The van der Waals surface area contributed by atoms with Gasteiger partial charge in [0, 0.05) is 32.8 Å². The monoisotopic (exact) mass is 173 g/mol. The number of morpholine rings is 1. The van der Waals surface area contributed by atoms with E-state index in [1.54, 1.807) is 7.11 Å². The van der Waals surface area contributed by atoms with Crippen LogP contribution in [0.15, 0.2) is 0 Å². The van der Waals surface area contributed by atoms with Crippen molar-refractivity contribution < 1.29 is 9.47 Å². The highest BCUT2D eigenvalue weighted by molar-refractivity contribution is 4.70.